The van der Waals surface area contributed by atoms with Gasteiger partial charge in [-0.15, -0.1) is 0 Å². The highest BCUT2D eigenvalue weighted by Crippen LogP contribution is 2.19. The molecule has 2 aromatic carbocycles. The van der Waals surface area contributed by atoms with E-state index in [2.05, 4.69) is 27.0 Å². The zero-order chi connectivity index (χ0) is 37.6. The van der Waals surface area contributed by atoms with Crippen LogP contribution in [0.5, 0.6) is 0 Å². The van der Waals surface area contributed by atoms with E-state index >= 15 is 0 Å². The Morgan fingerprint density at radius 3 is 1.52 bits per heavy atom. The Morgan fingerprint density at radius 1 is 0.692 bits per heavy atom. The lowest BCUT2D eigenvalue weighted by atomic mass is 9.52. The molecule has 0 aliphatic rings. The Labute approximate surface area is 299 Å². The second kappa shape index (κ2) is 13.9. The number of benzene rings is 2. The van der Waals surface area contributed by atoms with E-state index in [1.54, 1.807) is 57.4 Å². The summed E-state index contributed by atoms with van der Waals surface area (Å²) in [5.41, 5.74) is 12.4. The summed E-state index contributed by atoms with van der Waals surface area (Å²) >= 11 is 0. The molecule has 0 spiro atoms. The first-order chi connectivity index (χ1) is 24.7. The maximum atomic E-state index is 13.7. The number of hydrogen-bond donors (Lipinski definition) is 1. The van der Waals surface area contributed by atoms with Gasteiger partial charge in [-0.2, -0.15) is 20.2 Å². The third-order valence-electron chi connectivity index (χ3n) is 9.26. The fraction of sp³-hybridized carbons (Fsp3) is 0.333. The maximum absolute atomic E-state index is 13.7. The molecule has 0 unspecified atom stereocenters. The predicted molar refractivity (Wildman–Crippen MR) is 197 cm³/mol. The van der Waals surface area contributed by atoms with Crippen molar-refractivity contribution in [3.63, 3.8) is 0 Å². The monoisotopic (exact) mass is 703 g/mol. The predicted octanol–water partition coefficient (Wildman–Crippen LogP) is 3.01. The highest BCUT2D eigenvalue weighted by molar-refractivity contribution is 6.54. The number of aryl methyl sites for hydroxylation is 6. The molecule has 4 aromatic heterocycles. The number of fused-ring (bicyclic) bond motifs is 2. The molecule has 15 nitrogen and oxygen atoms in total. The van der Waals surface area contributed by atoms with Crippen molar-refractivity contribution in [2.75, 3.05) is 0 Å². The van der Waals surface area contributed by atoms with Gasteiger partial charge >= 0.3 is 0 Å². The largest absolute Gasteiger partial charge is 0.366 e. The van der Waals surface area contributed by atoms with E-state index in [0.29, 0.717) is 76.6 Å². The summed E-state index contributed by atoms with van der Waals surface area (Å²) in [6.45, 7) is 12.0. The smallest absolute Gasteiger partial charge is 0.298 e. The Balaban J connectivity index is 1.49. The van der Waals surface area contributed by atoms with Crippen LogP contribution >= 0.6 is 0 Å². The fourth-order valence-electron chi connectivity index (χ4n) is 6.73. The van der Waals surface area contributed by atoms with Crippen molar-refractivity contribution in [2.24, 2.45) is 29.8 Å². The highest BCUT2D eigenvalue weighted by Gasteiger charge is 2.22. The molecule has 0 saturated carbocycles. The third kappa shape index (κ3) is 6.47. The molecule has 0 fully saturated rings. The number of ketones is 1. The molecule has 0 atom stereocenters. The van der Waals surface area contributed by atoms with Gasteiger partial charge in [-0.1, -0.05) is 6.82 Å². The van der Waals surface area contributed by atoms with Crippen LogP contribution in [0.2, 0.25) is 6.82 Å². The van der Waals surface area contributed by atoms with E-state index in [1.165, 1.54) is 6.92 Å². The summed E-state index contributed by atoms with van der Waals surface area (Å²) in [6.07, 6.45) is 0.808. The maximum Gasteiger partial charge on any atom is 0.298 e. The van der Waals surface area contributed by atoms with Crippen LogP contribution in [0.4, 0.5) is 0 Å². The molecular formula is C36H42BN11O4. The molecule has 16 heteroatoms. The first-order valence-electron chi connectivity index (χ1n) is 17.2. The number of aromatic nitrogens is 8. The minimum Gasteiger partial charge on any atom is -0.366 e. The van der Waals surface area contributed by atoms with Crippen LogP contribution in [-0.4, -0.2) is 68.0 Å². The molecule has 0 aliphatic carbocycles. The Hall–Kier alpha value is -6.06. The molecule has 0 aliphatic heterocycles. The third-order valence-corrected chi connectivity index (χ3v) is 9.26. The number of rotatable bonds is 10. The average Bonchev–Trinajstić information content (AvgIpc) is 3.83. The van der Waals surface area contributed by atoms with Gasteiger partial charge in [0.1, 0.15) is 11.4 Å². The molecule has 0 saturated heterocycles. The van der Waals surface area contributed by atoms with Crippen LogP contribution in [0.1, 0.15) is 73.9 Å². The van der Waals surface area contributed by atoms with Crippen LogP contribution < -0.4 is 17.0 Å². The molecular weight excluding hydrogens is 661 g/mol. The van der Waals surface area contributed by atoms with Gasteiger partial charge in [0.2, 0.25) is 17.1 Å². The minimum absolute atomic E-state index is 0.0743. The van der Waals surface area contributed by atoms with Crippen molar-refractivity contribution in [1.29, 1.82) is 0 Å². The Bertz CT molecular complexity index is 2400. The molecule has 0 radical (unpaired) electrons. The Kier molecular flexibility index (Phi) is 9.58. The van der Waals surface area contributed by atoms with Gasteiger partial charge in [-0.25, -0.2) is 0 Å². The number of nitrogens with two attached hydrogens (primary N) is 1. The van der Waals surface area contributed by atoms with Gasteiger partial charge in [-0.05, 0) is 83.1 Å². The second-order valence-corrected chi connectivity index (χ2v) is 13.2. The van der Waals surface area contributed by atoms with E-state index in [1.807, 2.05) is 60.6 Å². The number of carbonyl (C=O) groups is 4. The first-order valence-corrected chi connectivity index (χ1v) is 17.2. The average molecular weight is 704 g/mol. The van der Waals surface area contributed by atoms with Crippen molar-refractivity contribution < 1.29 is 19.2 Å². The molecule has 6 rings (SSSR count). The summed E-state index contributed by atoms with van der Waals surface area (Å²) < 4.78 is 10.8. The van der Waals surface area contributed by atoms with E-state index in [4.69, 9.17) is 5.73 Å². The lowest BCUT2D eigenvalue weighted by molar-refractivity contribution is 0.0977. The van der Waals surface area contributed by atoms with Crippen molar-refractivity contribution in [3.8, 4) is 0 Å². The van der Waals surface area contributed by atoms with Gasteiger partial charge < -0.3 is 24.0 Å². The SMILES string of the molecule is CCn1nc(C)cc1C(=O)N=c1n(C)c2cc(C(C)=O)ccc2n1CB(C)Cn1c(=NC(=O)c2cc(C)nn2CC)n(C)c2cc(C(N)=O)ccc21. The van der Waals surface area contributed by atoms with Gasteiger partial charge in [0, 0.05) is 51.2 Å². The number of imidazole rings is 2. The number of Topliss-reactive ketones (excluding diaryl/α,β-unsaturated/α-hetero) is 1. The number of hydrogen-bond acceptors (Lipinski definition) is 6. The summed E-state index contributed by atoms with van der Waals surface area (Å²) in [6, 6.07) is 14.0. The van der Waals surface area contributed by atoms with E-state index in [-0.39, 0.29) is 12.5 Å². The molecule has 268 valence electrons. The lowest BCUT2D eigenvalue weighted by Crippen LogP contribution is -2.36. The molecule has 3 amide bonds. The molecule has 6 aromatic rings. The molecule has 2 N–H and O–H groups in total. The Morgan fingerprint density at radius 2 is 1.12 bits per heavy atom. The molecule has 0 bridgehead atoms. The summed E-state index contributed by atoms with van der Waals surface area (Å²) in [4.78, 5) is 61.0. The summed E-state index contributed by atoms with van der Waals surface area (Å²) in [5, 5.41) is 8.84. The highest BCUT2D eigenvalue weighted by atomic mass is 16.2. The van der Waals surface area contributed by atoms with Gasteiger partial charge in [0.25, 0.3) is 11.8 Å². The molecule has 52 heavy (non-hydrogen) atoms. The zero-order valence-electron chi connectivity index (χ0n) is 30.7. The standard InChI is InChI=1S/C36H42BN11O4/c1-9-47-30(15-21(3)41-47)33(51)39-35-43(7)28-17-24(23(5)49)11-13-26(28)45(35)19-37(6)20-46-27-14-12-25(32(38)50)18-29(27)44(8)36(46)40-34(52)31-16-22(4)42-48(31)10-2/h11-18H,9-10,19-20H2,1-8H3,(H2,38,50). The van der Waals surface area contributed by atoms with E-state index in [9.17, 15) is 19.2 Å². The minimum atomic E-state index is -0.567. The van der Waals surface area contributed by atoms with Gasteiger partial charge in [0.15, 0.2) is 12.5 Å². The zero-order valence-corrected chi connectivity index (χ0v) is 30.7. The number of carbonyl (C=O) groups excluding carboxylic acids is 4. The second-order valence-electron chi connectivity index (χ2n) is 13.2. The van der Waals surface area contributed by atoms with Crippen molar-refractivity contribution >= 4 is 52.3 Å². The normalized spacial score (nSPS) is 12.4. The summed E-state index contributed by atoms with van der Waals surface area (Å²) in [5.74, 6) is -1.52. The van der Waals surface area contributed by atoms with Crippen LogP contribution in [0.25, 0.3) is 22.1 Å². The van der Waals surface area contributed by atoms with Crippen molar-refractivity contribution in [3.05, 3.63) is 93.7 Å². The van der Waals surface area contributed by atoms with Gasteiger partial charge in [0.05, 0.1) is 33.5 Å². The van der Waals surface area contributed by atoms with Gasteiger partial charge in [-0.3, -0.25) is 28.5 Å². The van der Waals surface area contributed by atoms with Crippen LogP contribution in [-0.2, 0) is 40.1 Å². The fourth-order valence-corrected chi connectivity index (χ4v) is 6.73. The lowest BCUT2D eigenvalue weighted by Gasteiger charge is -2.13. The number of nitrogens with zero attached hydrogens (tertiary/aromatic N) is 10. The number of amides is 3. The van der Waals surface area contributed by atoms with E-state index < -0.39 is 17.7 Å². The van der Waals surface area contributed by atoms with Crippen LogP contribution in [0.3, 0.4) is 0 Å². The van der Waals surface area contributed by atoms with Crippen LogP contribution in [0, 0.1) is 13.8 Å². The summed E-state index contributed by atoms with van der Waals surface area (Å²) in [7, 11) is 3.61. The van der Waals surface area contributed by atoms with Crippen LogP contribution in [0.15, 0.2) is 58.5 Å². The van der Waals surface area contributed by atoms with Crippen molar-refractivity contribution in [1.82, 2.24) is 37.8 Å². The van der Waals surface area contributed by atoms with Crippen molar-refractivity contribution in [2.45, 2.75) is 67.4 Å². The number of primary amides is 1. The quantitative estimate of drug-likeness (QED) is 0.170. The molecule has 4 heterocycles. The topological polar surface area (TPSA) is 174 Å². The first kappa shape index (κ1) is 35.8. The van der Waals surface area contributed by atoms with E-state index in [0.717, 1.165) is 16.6 Å².